The lowest BCUT2D eigenvalue weighted by Crippen LogP contribution is -2.50. The van der Waals surface area contributed by atoms with Crippen LogP contribution in [0, 0.1) is 5.82 Å². The standard InChI is InChI=1S/C20H20FNO4S/c1-2-25-20(24)18-13-27-12-11-22(18)19(23)14-3-7-16(8-4-14)26-17-9-5-15(21)6-10-17/h3-10,18H,2,11-13H2,1H3. The average Bonchev–Trinajstić information content (AvgIpc) is 2.70. The molecule has 1 unspecified atom stereocenters. The van der Waals surface area contributed by atoms with Crippen LogP contribution < -0.4 is 4.74 Å². The normalized spacial score (nSPS) is 16.7. The quantitative estimate of drug-likeness (QED) is 0.729. The van der Waals surface area contributed by atoms with Crippen molar-refractivity contribution in [1.82, 2.24) is 4.90 Å². The van der Waals surface area contributed by atoms with E-state index in [1.165, 1.54) is 24.3 Å². The Morgan fingerprint density at radius 1 is 1.11 bits per heavy atom. The fourth-order valence-electron chi connectivity index (χ4n) is 2.75. The number of benzene rings is 2. The van der Waals surface area contributed by atoms with Crippen molar-refractivity contribution in [2.24, 2.45) is 0 Å². The zero-order chi connectivity index (χ0) is 19.2. The van der Waals surface area contributed by atoms with Gasteiger partial charge in [-0.2, -0.15) is 11.8 Å². The van der Waals surface area contributed by atoms with Crippen LogP contribution >= 0.6 is 11.8 Å². The zero-order valence-corrected chi connectivity index (χ0v) is 15.7. The lowest BCUT2D eigenvalue weighted by atomic mass is 10.1. The van der Waals surface area contributed by atoms with Gasteiger partial charge in [0.15, 0.2) is 0 Å². The highest BCUT2D eigenvalue weighted by atomic mass is 32.2. The Hall–Kier alpha value is -2.54. The van der Waals surface area contributed by atoms with Crippen molar-refractivity contribution in [2.75, 3.05) is 24.7 Å². The number of esters is 1. The molecule has 1 aliphatic heterocycles. The summed E-state index contributed by atoms with van der Waals surface area (Å²) in [5, 5.41) is 0. The SMILES string of the molecule is CCOC(=O)C1CSCCN1C(=O)c1ccc(Oc2ccc(F)cc2)cc1. The molecular weight excluding hydrogens is 369 g/mol. The Morgan fingerprint density at radius 3 is 2.37 bits per heavy atom. The minimum absolute atomic E-state index is 0.207. The summed E-state index contributed by atoms with van der Waals surface area (Å²) >= 11 is 1.64. The molecule has 1 atom stereocenters. The number of hydrogen-bond donors (Lipinski definition) is 0. The summed E-state index contributed by atoms with van der Waals surface area (Å²) in [6, 6.07) is 11.8. The van der Waals surface area contributed by atoms with Gasteiger partial charge in [-0.3, -0.25) is 4.79 Å². The predicted molar refractivity (Wildman–Crippen MR) is 102 cm³/mol. The summed E-state index contributed by atoms with van der Waals surface area (Å²) in [5.41, 5.74) is 0.475. The first-order chi connectivity index (χ1) is 13.1. The van der Waals surface area contributed by atoms with Gasteiger partial charge in [0.25, 0.3) is 5.91 Å². The van der Waals surface area contributed by atoms with Crippen molar-refractivity contribution >= 4 is 23.6 Å². The van der Waals surface area contributed by atoms with Gasteiger partial charge in [-0.1, -0.05) is 0 Å². The second-order valence-corrected chi connectivity index (χ2v) is 7.07. The molecule has 0 aliphatic carbocycles. The van der Waals surface area contributed by atoms with Crippen molar-refractivity contribution < 1.29 is 23.5 Å². The highest BCUT2D eigenvalue weighted by Crippen LogP contribution is 2.24. The third kappa shape index (κ3) is 4.80. The fourth-order valence-corrected chi connectivity index (χ4v) is 3.78. The van der Waals surface area contributed by atoms with Crippen molar-refractivity contribution in [3.05, 3.63) is 59.9 Å². The molecular formula is C20H20FNO4S. The number of hydrogen-bond acceptors (Lipinski definition) is 5. The van der Waals surface area contributed by atoms with Crippen LogP contribution in [0.25, 0.3) is 0 Å². The average molecular weight is 389 g/mol. The van der Waals surface area contributed by atoms with Crippen molar-refractivity contribution in [3.63, 3.8) is 0 Å². The Morgan fingerprint density at radius 2 is 1.74 bits per heavy atom. The molecule has 3 rings (SSSR count). The first-order valence-corrected chi connectivity index (χ1v) is 9.83. The zero-order valence-electron chi connectivity index (χ0n) is 14.9. The van der Waals surface area contributed by atoms with Gasteiger partial charge in [-0.25, -0.2) is 9.18 Å². The highest BCUT2D eigenvalue weighted by Gasteiger charge is 2.34. The van der Waals surface area contributed by atoms with Crippen LogP contribution in [0.4, 0.5) is 4.39 Å². The summed E-state index contributed by atoms with van der Waals surface area (Å²) in [4.78, 5) is 26.6. The smallest absolute Gasteiger partial charge is 0.329 e. The fraction of sp³-hybridized carbons (Fsp3) is 0.300. The summed E-state index contributed by atoms with van der Waals surface area (Å²) in [6.07, 6.45) is 0. The molecule has 5 nitrogen and oxygen atoms in total. The molecule has 142 valence electrons. The highest BCUT2D eigenvalue weighted by molar-refractivity contribution is 7.99. The predicted octanol–water partition coefficient (Wildman–Crippen LogP) is 3.74. The molecule has 0 saturated carbocycles. The number of nitrogens with zero attached hydrogens (tertiary/aromatic N) is 1. The summed E-state index contributed by atoms with van der Waals surface area (Å²) in [7, 11) is 0. The van der Waals surface area contributed by atoms with Gasteiger partial charge in [0.2, 0.25) is 0 Å². The minimum atomic E-state index is -0.564. The van der Waals surface area contributed by atoms with E-state index in [0.717, 1.165) is 5.75 Å². The topological polar surface area (TPSA) is 55.8 Å². The van der Waals surface area contributed by atoms with Crippen molar-refractivity contribution in [1.29, 1.82) is 0 Å². The number of carbonyl (C=O) groups excluding carboxylic acids is 2. The van der Waals surface area contributed by atoms with Crippen LogP contribution in [0.1, 0.15) is 17.3 Å². The molecule has 27 heavy (non-hydrogen) atoms. The Labute approximate surface area is 161 Å². The van der Waals surface area contributed by atoms with Crippen molar-refractivity contribution in [2.45, 2.75) is 13.0 Å². The molecule has 1 fully saturated rings. The van der Waals surface area contributed by atoms with E-state index < -0.39 is 6.04 Å². The van der Waals surface area contributed by atoms with E-state index in [9.17, 15) is 14.0 Å². The monoisotopic (exact) mass is 389 g/mol. The molecule has 2 aromatic rings. The van der Waals surface area contributed by atoms with E-state index in [4.69, 9.17) is 9.47 Å². The number of halogens is 1. The van der Waals surface area contributed by atoms with Crippen LogP contribution in [-0.4, -0.2) is 47.5 Å². The first-order valence-electron chi connectivity index (χ1n) is 8.67. The van der Waals surface area contributed by atoms with Crippen LogP contribution in [0.3, 0.4) is 0 Å². The molecule has 0 radical (unpaired) electrons. The van der Waals surface area contributed by atoms with Crippen LogP contribution in [0.5, 0.6) is 11.5 Å². The summed E-state index contributed by atoms with van der Waals surface area (Å²) in [6.45, 7) is 2.54. The van der Waals surface area contributed by atoms with E-state index in [-0.39, 0.29) is 24.3 Å². The number of ether oxygens (including phenoxy) is 2. The third-order valence-electron chi connectivity index (χ3n) is 4.10. The van der Waals surface area contributed by atoms with Gasteiger partial charge in [0.1, 0.15) is 23.4 Å². The molecule has 7 heteroatoms. The van der Waals surface area contributed by atoms with Gasteiger partial charge >= 0.3 is 5.97 Å². The third-order valence-corrected chi connectivity index (χ3v) is 5.12. The van der Waals surface area contributed by atoms with Crippen molar-refractivity contribution in [3.8, 4) is 11.5 Å². The van der Waals surface area contributed by atoms with Crippen LogP contribution in [-0.2, 0) is 9.53 Å². The molecule has 0 N–H and O–H groups in total. The Kier molecular flexibility index (Phi) is 6.34. The lowest BCUT2D eigenvalue weighted by Gasteiger charge is -2.33. The van der Waals surface area contributed by atoms with E-state index in [2.05, 4.69) is 0 Å². The van der Waals surface area contributed by atoms with Gasteiger partial charge in [0, 0.05) is 23.6 Å². The second-order valence-electron chi connectivity index (χ2n) is 5.92. The summed E-state index contributed by atoms with van der Waals surface area (Å²) < 4.78 is 23.7. The molecule has 0 spiro atoms. The van der Waals surface area contributed by atoms with E-state index in [0.29, 0.717) is 29.4 Å². The maximum absolute atomic E-state index is 12.9. The minimum Gasteiger partial charge on any atom is -0.464 e. The Balaban J connectivity index is 1.70. The molecule has 1 heterocycles. The number of rotatable bonds is 5. The largest absolute Gasteiger partial charge is 0.464 e. The number of thioether (sulfide) groups is 1. The Bertz CT molecular complexity index is 795. The van der Waals surface area contributed by atoms with Gasteiger partial charge in [0.05, 0.1) is 6.61 Å². The lowest BCUT2D eigenvalue weighted by molar-refractivity contribution is -0.147. The summed E-state index contributed by atoms with van der Waals surface area (Å²) in [5.74, 6) is 1.46. The first kappa shape index (κ1) is 19.2. The van der Waals surface area contributed by atoms with Gasteiger partial charge in [-0.15, -0.1) is 0 Å². The molecule has 1 saturated heterocycles. The maximum Gasteiger partial charge on any atom is 0.329 e. The van der Waals surface area contributed by atoms with Gasteiger partial charge < -0.3 is 14.4 Å². The molecule has 1 aliphatic rings. The van der Waals surface area contributed by atoms with Crippen LogP contribution in [0.15, 0.2) is 48.5 Å². The second kappa shape index (κ2) is 8.90. The maximum atomic E-state index is 12.9. The van der Waals surface area contributed by atoms with Crippen LogP contribution in [0.2, 0.25) is 0 Å². The molecule has 1 amide bonds. The van der Waals surface area contributed by atoms with E-state index in [1.807, 2.05) is 0 Å². The molecule has 0 aromatic heterocycles. The molecule has 0 bridgehead atoms. The molecule has 2 aromatic carbocycles. The van der Waals surface area contributed by atoms with Gasteiger partial charge in [-0.05, 0) is 55.5 Å². The van der Waals surface area contributed by atoms with E-state index >= 15 is 0 Å². The number of carbonyl (C=O) groups is 2. The number of amides is 1. The van der Waals surface area contributed by atoms with E-state index in [1.54, 1.807) is 47.9 Å².